The standard InChI is InChI=1S/C18H24FN3O3/c1-21(2)17(24)13-10-18(25-12-13)5-7-22(8-6-18)16(23)9-15-4-3-14(19)11-20-15/h3-4,11,13H,5-10,12H2,1-2H3. The first-order chi connectivity index (χ1) is 11.9. The van der Waals surface area contributed by atoms with Crippen LogP contribution in [-0.2, 0) is 20.7 Å². The summed E-state index contributed by atoms with van der Waals surface area (Å²) in [5.41, 5.74) is 0.293. The maximum atomic E-state index is 12.9. The van der Waals surface area contributed by atoms with Crippen molar-refractivity contribution < 1.29 is 18.7 Å². The fourth-order valence-corrected chi connectivity index (χ4v) is 3.66. The summed E-state index contributed by atoms with van der Waals surface area (Å²) in [7, 11) is 3.52. The predicted molar refractivity (Wildman–Crippen MR) is 89.2 cm³/mol. The van der Waals surface area contributed by atoms with Crippen LogP contribution in [0.1, 0.15) is 25.0 Å². The van der Waals surface area contributed by atoms with E-state index in [0.717, 1.165) is 25.5 Å². The third-order valence-electron chi connectivity index (χ3n) is 5.15. The van der Waals surface area contributed by atoms with E-state index < -0.39 is 5.82 Å². The minimum absolute atomic E-state index is 0.00660. The normalized spacial score (nSPS) is 22.2. The summed E-state index contributed by atoms with van der Waals surface area (Å²) in [6, 6.07) is 2.85. The lowest BCUT2D eigenvalue weighted by atomic mass is 9.85. The first kappa shape index (κ1) is 17.8. The molecule has 6 nitrogen and oxygen atoms in total. The molecule has 3 rings (SSSR count). The van der Waals surface area contributed by atoms with Crippen LogP contribution in [0.3, 0.4) is 0 Å². The first-order valence-electron chi connectivity index (χ1n) is 8.62. The summed E-state index contributed by atoms with van der Waals surface area (Å²) in [5.74, 6) is -0.386. The minimum Gasteiger partial charge on any atom is -0.374 e. The molecule has 1 aromatic rings. The smallest absolute Gasteiger partial charge is 0.228 e. The molecule has 25 heavy (non-hydrogen) atoms. The summed E-state index contributed by atoms with van der Waals surface area (Å²) in [6.07, 6.45) is 3.52. The topological polar surface area (TPSA) is 62.7 Å². The average molecular weight is 349 g/mol. The Kier molecular flexibility index (Phi) is 5.03. The quantitative estimate of drug-likeness (QED) is 0.824. The number of likely N-dealkylation sites (tertiary alicyclic amines) is 1. The van der Waals surface area contributed by atoms with Crippen LogP contribution in [0.5, 0.6) is 0 Å². The molecule has 2 amide bonds. The molecule has 2 fully saturated rings. The Morgan fingerprint density at radius 3 is 2.68 bits per heavy atom. The van der Waals surface area contributed by atoms with E-state index in [1.165, 1.54) is 12.1 Å². The Hall–Kier alpha value is -2.02. The molecule has 2 aliphatic heterocycles. The second kappa shape index (κ2) is 7.07. The molecule has 0 aromatic carbocycles. The van der Waals surface area contributed by atoms with Crippen LogP contribution >= 0.6 is 0 Å². The van der Waals surface area contributed by atoms with Crippen molar-refractivity contribution in [3.63, 3.8) is 0 Å². The summed E-state index contributed by atoms with van der Waals surface area (Å²) < 4.78 is 18.9. The lowest BCUT2D eigenvalue weighted by Crippen LogP contribution is -2.47. The Morgan fingerprint density at radius 2 is 2.08 bits per heavy atom. The number of rotatable bonds is 3. The number of hydrogen-bond acceptors (Lipinski definition) is 4. The van der Waals surface area contributed by atoms with E-state index in [4.69, 9.17) is 4.74 Å². The number of hydrogen-bond donors (Lipinski definition) is 0. The van der Waals surface area contributed by atoms with Crippen molar-refractivity contribution >= 4 is 11.8 Å². The fourth-order valence-electron chi connectivity index (χ4n) is 3.66. The molecular weight excluding hydrogens is 325 g/mol. The molecule has 0 N–H and O–H groups in total. The number of piperidine rings is 1. The van der Waals surface area contributed by atoms with E-state index in [-0.39, 0.29) is 29.8 Å². The monoisotopic (exact) mass is 349 g/mol. The fraction of sp³-hybridized carbons (Fsp3) is 0.611. The van der Waals surface area contributed by atoms with Crippen LogP contribution in [0.25, 0.3) is 0 Å². The highest BCUT2D eigenvalue weighted by atomic mass is 19.1. The van der Waals surface area contributed by atoms with Gasteiger partial charge in [0.15, 0.2) is 0 Å². The molecule has 2 aliphatic rings. The maximum Gasteiger partial charge on any atom is 0.228 e. The Bertz CT molecular complexity index is 639. The number of nitrogens with zero attached hydrogens (tertiary/aromatic N) is 3. The highest BCUT2D eigenvalue weighted by molar-refractivity contribution is 5.79. The molecule has 0 radical (unpaired) electrons. The molecule has 2 saturated heterocycles. The van der Waals surface area contributed by atoms with Crippen LogP contribution < -0.4 is 0 Å². The zero-order valence-electron chi connectivity index (χ0n) is 14.7. The molecule has 1 aromatic heterocycles. The van der Waals surface area contributed by atoms with Crippen LogP contribution in [0.2, 0.25) is 0 Å². The zero-order chi connectivity index (χ0) is 18.0. The van der Waals surface area contributed by atoms with Gasteiger partial charge >= 0.3 is 0 Å². The average Bonchev–Trinajstić information content (AvgIpc) is 3.00. The third-order valence-corrected chi connectivity index (χ3v) is 5.15. The first-order valence-corrected chi connectivity index (χ1v) is 8.62. The van der Waals surface area contributed by atoms with Gasteiger partial charge in [0.2, 0.25) is 11.8 Å². The molecule has 1 atom stereocenters. The van der Waals surface area contributed by atoms with E-state index in [0.29, 0.717) is 25.4 Å². The highest BCUT2D eigenvalue weighted by Gasteiger charge is 2.45. The van der Waals surface area contributed by atoms with Crippen molar-refractivity contribution in [3.05, 3.63) is 29.8 Å². The van der Waals surface area contributed by atoms with Crippen molar-refractivity contribution in [1.82, 2.24) is 14.8 Å². The summed E-state index contributed by atoms with van der Waals surface area (Å²) >= 11 is 0. The van der Waals surface area contributed by atoms with Gasteiger partial charge < -0.3 is 14.5 Å². The van der Waals surface area contributed by atoms with Crippen molar-refractivity contribution in [3.8, 4) is 0 Å². The number of aromatic nitrogens is 1. The third kappa shape index (κ3) is 3.98. The van der Waals surface area contributed by atoms with Gasteiger partial charge in [-0.05, 0) is 31.4 Å². The number of ether oxygens (including phenoxy) is 1. The molecular formula is C18H24FN3O3. The van der Waals surface area contributed by atoms with Gasteiger partial charge in [0, 0.05) is 32.9 Å². The summed E-state index contributed by atoms with van der Waals surface area (Å²) in [4.78, 5) is 31.9. The van der Waals surface area contributed by atoms with Crippen molar-refractivity contribution in [2.45, 2.75) is 31.3 Å². The maximum absolute atomic E-state index is 12.9. The largest absolute Gasteiger partial charge is 0.374 e. The van der Waals surface area contributed by atoms with Crippen molar-refractivity contribution in [2.24, 2.45) is 5.92 Å². The molecule has 1 spiro atoms. The van der Waals surface area contributed by atoms with Gasteiger partial charge in [-0.3, -0.25) is 14.6 Å². The van der Waals surface area contributed by atoms with Gasteiger partial charge in [-0.1, -0.05) is 0 Å². The number of carbonyl (C=O) groups is 2. The highest BCUT2D eigenvalue weighted by Crippen LogP contribution is 2.39. The van der Waals surface area contributed by atoms with E-state index in [1.807, 2.05) is 0 Å². The SMILES string of the molecule is CN(C)C(=O)C1COC2(CCN(C(=O)Cc3ccc(F)cn3)CC2)C1. The summed E-state index contributed by atoms with van der Waals surface area (Å²) in [6.45, 7) is 1.69. The lowest BCUT2D eigenvalue weighted by Gasteiger charge is -2.38. The second-order valence-electron chi connectivity index (χ2n) is 7.15. The van der Waals surface area contributed by atoms with E-state index in [2.05, 4.69) is 4.98 Å². The van der Waals surface area contributed by atoms with Crippen LogP contribution in [-0.4, -0.2) is 66.0 Å². The molecule has 1 unspecified atom stereocenters. The molecule has 0 bridgehead atoms. The Balaban J connectivity index is 1.52. The van der Waals surface area contributed by atoms with Gasteiger partial charge in [-0.15, -0.1) is 0 Å². The predicted octanol–water partition coefficient (Wildman–Crippen LogP) is 1.25. The van der Waals surface area contributed by atoms with E-state index >= 15 is 0 Å². The van der Waals surface area contributed by atoms with Crippen LogP contribution in [0.4, 0.5) is 4.39 Å². The lowest BCUT2D eigenvalue weighted by molar-refractivity contribution is -0.135. The molecule has 7 heteroatoms. The van der Waals surface area contributed by atoms with Crippen LogP contribution in [0.15, 0.2) is 18.3 Å². The molecule has 0 saturated carbocycles. The summed E-state index contributed by atoms with van der Waals surface area (Å²) in [5, 5.41) is 0. The molecule has 0 aliphatic carbocycles. The van der Waals surface area contributed by atoms with E-state index in [9.17, 15) is 14.0 Å². The van der Waals surface area contributed by atoms with Gasteiger partial charge in [-0.2, -0.15) is 0 Å². The second-order valence-corrected chi connectivity index (χ2v) is 7.15. The Morgan fingerprint density at radius 1 is 1.36 bits per heavy atom. The van der Waals surface area contributed by atoms with Gasteiger partial charge in [0.25, 0.3) is 0 Å². The molecule has 136 valence electrons. The minimum atomic E-state index is -0.406. The van der Waals surface area contributed by atoms with Gasteiger partial charge in [0.1, 0.15) is 5.82 Å². The van der Waals surface area contributed by atoms with E-state index in [1.54, 1.807) is 23.9 Å². The number of pyridine rings is 1. The number of amides is 2. The van der Waals surface area contributed by atoms with Gasteiger partial charge in [-0.25, -0.2) is 4.39 Å². The Labute approximate surface area is 147 Å². The van der Waals surface area contributed by atoms with Gasteiger partial charge in [0.05, 0.1) is 30.7 Å². The van der Waals surface area contributed by atoms with Crippen LogP contribution in [0, 0.1) is 11.7 Å². The zero-order valence-corrected chi connectivity index (χ0v) is 14.7. The number of carbonyl (C=O) groups excluding carboxylic acids is 2. The van der Waals surface area contributed by atoms with Crippen molar-refractivity contribution in [1.29, 1.82) is 0 Å². The van der Waals surface area contributed by atoms with Crippen molar-refractivity contribution in [2.75, 3.05) is 33.8 Å². The number of halogens is 1. The molecule has 3 heterocycles.